The fourth-order valence-electron chi connectivity index (χ4n) is 4.27. The van der Waals surface area contributed by atoms with Gasteiger partial charge in [0.25, 0.3) is 0 Å². The second-order valence-corrected chi connectivity index (χ2v) is 15.8. The number of ether oxygens (including phenoxy) is 2. The molecule has 3 heterocycles. The zero-order chi connectivity index (χ0) is 26.5. The van der Waals surface area contributed by atoms with Crippen molar-refractivity contribution in [3.8, 4) is 0 Å². The van der Waals surface area contributed by atoms with Crippen molar-refractivity contribution in [3.05, 3.63) is 113 Å². The van der Waals surface area contributed by atoms with Crippen molar-refractivity contribution in [2.24, 2.45) is 9.98 Å². The quantitative estimate of drug-likeness (QED) is 0.241. The SMILES string of the molecule is C(/C1=N[C@@H](c2ccccc2)CO1)=c1/[n-]/c(=C\C2=N[C@@H](c3ccccc3)CO2)c2ccccc12.[CH2-][Si](C)(C)C.[Co+2]. The van der Waals surface area contributed by atoms with Gasteiger partial charge in [0.2, 0.25) is 11.8 Å². The Morgan fingerprint density at radius 2 is 1.05 bits per heavy atom. The van der Waals surface area contributed by atoms with E-state index in [0.717, 1.165) is 32.6 Å². The van der Waals surface area contributed by atoms with E-state index in [-0.39, 0.29) is 28.9 Å². The maximum Gasteiger partial charge on any atom is 2.00 e. The molecule has 7 heteroatoms. The zero-order valence-electron chi connectivity index (χ0n) is 22.5. The number of rotatable bonds is 4. The molecule has 2 aliphatic rings. The molecule has 39 heavy (non-hydrogen) atoms. The number of aromatic nitrogens is 1. The summed E-state index contributed by atoms with van der Waals surface area (Å²) in [6.07, 6.45) is 3.85. The molecule has 5 nitrogen and oxygen atoms in total. The van der Waals surface area contributed by atoms with Crippen LogP contribution < -0.4 is 15.7 Å². The first kappa shape index (κ1) is 28.6. The van der Waals surface area contributed by atoms with Crippen LogP contribution in [0.4, 0.5) is 0 Å². The van der Waals surface area contributed by atoms with Crippen molar-refractivity contribution in [1.29, 1.82) is 0 Å². The molecule has 1 aromatic heterocycles. The third-order valence-corrected chi connectivity index (χ3v) is 5.95. The molecule has 6 rings (SSSR count). The summed E-state index contributed by atoms with van der Waals surface area (Å²) in [6.45, 7) is 11.6. The first-order chi connectivity index (χ1) is 18.3. The van der Waals surface area contributed by atoms with Crippen LogP contribution in [0.15, 0.2) is 94.9 Å². The van der Waals surface area contributed by atoms with E-state index in [9.17, 15) is 0 Å². The van der Waals surface area contributed by atoms with Crippen LogP contribution in [0.25, 0.3) is 22.9 Å². The first-order valence-corrected chi connectivity index (χ1v) is 16.7. The van der Waals surface area contributed by atoms with E-state index < -0.39 is 8.07 Å². The van der Waals surface area contributed by atoms with E-state index >= 15 is 0 Å². The summed E-state index contributed by atoms with van der Waals surface area (Å²) in [5.74, 6) is 1.22. The van der Waals surface area contributed by atoms with Gasteiger partial charge in [0.1, 0.15) is 25.3 Å². The molecule has 2 aliphatic heterocycles. The molecule has 0 N–H and O–H groups in total. The smallest absolute Gasteiger partial charge is 0.657 e. The normalized spacial score (nSPS) is 19.4. The molecular weight excluding hydrogens is 545 g/mol. The molecule has 0 aliphatic carbocycles. The van der Waals surface area contributed by atoms with Gasteiger partial charge in [-0.25, -0.2) is 9.98 Å². The van der Waals surface area contributed by atoms with Crippen molar-refractivity contribution >= 4 is 42.8 Å². The predicted octanol–water partition coefficient (Wildman–Crippen LogP) is 5.39. The van der Waals surface area contributed by atoms with Gasteiger partial charge in [-0.05, 0) is 34.1 Å². The Kier molecular flexibility index (Phi) is 9.27. The van der Waals surface area contributed by atoms with Crippen LogP contribution in [-0.4, -0.2) is 33.1 Å². The second kappa shape index (κ2) is 12.6. The van der Waals surface area contributed by atoms with Crippen molar-refractivity contribution < 1.29 is 26.3 Å². The fraction of sp³-hybridized carbons (Fsp3) is 0.219. The molecule has 4 aromatic rings. The minimum atomic E-state index is -0.861. The number of aliphatic imine (C=N–C) groups is 2. The van der Waals surface area contributed by atoms with Crippen LogP contribution in [0.3, 0.4) is 0 Å². The topological polar surface area (TPSA) is 57.3 Å². The van der Waals surface area contributed by atoms with E-state index in [0.29, 0.717) is 25.0 Å². The van der Waals surface area contributed by atoms with Crippen molar-refractivity contribution in [2.45, 2.75) is 31.7 Å². The third kappa shape index (κ3) is 7.59. The summed E-state index contributed by atoms with van der Waals surface area (Å²) >= 11 is 0. The molecule has 0 saturated heterocycles. The molecule has 0 amide bonds. The molecule has 0 unspecified atom stereocenters. The zero-order valence-corrected chi connectivity index (χ0v) is 24.5. The minimum absolute atomic E-state index is 0. The molecule has 0 bridgehead atoms. The van der Waals surface area contributed by atoms with Crippen LogP contribution >= 0.6 is 0 Å². The van der Waals surface area contributed by atoms with Crippen LogP contribution in [0, 0.1) is 6.55 Å². The second-order valence-electron chi connectivity index (χ2n) is 10.7. The average Bonchev–Trinajstić information content (AvgIpc) is 3.65. The third-order valence-electron chi connectivity index (χ3n) is 5.95. The van der Waals surface area contributed by atoms with Gasteiger partial charge in [0.05, 0.1) is 0 Å². The van der Waals surface area contributed by atoms with Gasteiger partial charge >= 0.3 is 16.8 Å². The summed E-state index contributed by atoms with van der Waals surface area (Å²) in [4.78, 5) is 14.4. The van der Waals surface area contributed by atoms with Crippen LogP contribution in [0.2, 0.25) is 19.6 Å². The van der Waals surface area contributed by atoms with Gasteiger partial charge in [0, 0.05) is 0 Å². The van der Waals surface area contributed by atoms with E-state index in [1.807, 2.05) is 60.7 Å². The van der Waals surface area contributed by atoms with Crippen molar-refractivity contribution in [2.75, 3.05) is 13.2 Å². The molecule has 2 atom stereocenters. The average molecular weight is 579 g/mol. The Morgan fingerprint density at radius 3 is 1.44 bits per heavy atom. The molecule has 1 radical (unpaired) electrons. The number of fused-ring (bicyclic) bond motifs is 1. The molecule has 0 spiro atoms. The minimum Gasteiger partial charge on any atom is -0.657 e. The Hall–Kier alpha value is -3.40. The first-order valence-electron chi connectivity index (χ1n) is 12.9. The largest absolute Gasteiger partial charge is 2.00 e. The Morgan fingerprint density at radius 1 is 0.692 bits per heavy atom. The molecule has 3 aromatic carbocycles. The molecule has 201 valence electrons. The maximum atomic E-state index is 5.87. The van der Waals surface area contributed by atoms with Crippen LogP contribution in [-0.2, 0) is 26.3 Å². The standard InChI is InChI=1S/C28H22N3O2.C4H11Si.Co/c1-3-9-19(10-4-1)25-17-32-27(30-25)15-23-21-13-7-8-14-22(21)24(29-23)16-28-31-26(18-33-28)20-11-5-2-6-12-20;1-5(2,3)4;/h1-16,25-26H,17-18H2;1H2,2-4H3;/q2*-1;+2/b23-15-,24-16-;;/t25-,26-;;/m1../s1. The molecule has 0 saturated carbocycles. The Bertz CT molecular complexity index is 1460. The number of nitrogens with zero attached hydrogens (tertiary/aromatic N) is 3. The van der Waals surface area contributed by atoms with Crippen LogP contribution in [0.1, 0.15) is 23.2 Å². The summed E-state index contributed by atoms with van der Waals surface area (Å²) in [6, 6.07) is 28.6. The number of hydrogen-bond acceptors (Lipinski definition) is 4. The van der Waals surface area contributed by atoms with Gasteiger partial charge in [-0.1, -0.05) is 105 Å². The van der Waals surface area contributed by atoms with Crippen LogP contribution in [0.5, 0.6) is 0 Å². The fourth-order valence-corrected chi connectivity index (χ4v) is 4.27. The van der Waals surface area contributed by atoms with E-state index in [4.69, 9.17) is 24.4 Å². The van der Waals surface area contributed by atoms with Gasteiger partial charge in [-0.15, -0.1) is 18.8 Å². The number of benzene rings is 3. The van der Waals surface area contributed by atoms with Gasteiger partial charge < -0.3 is 21.0 Å². The predicted molar refractivity (Wildman–Crippen MR) is 159 cm³/mol. The van der Waals surface area contributed by atoms with Gasteiger partial charge in [-0.2, -0.15) is 0 Å². The van der Waals surface area contributed by atoms with Gasteiger partial charge in [0.15, 0.2) is 0 Å². The summed E-state index contributed by atoms with van der Waals surface area (Å²) in [5.41, 5.74) is 2.30. The monoisotopic (exact) mass is 578 g/mol. The summed E-state index contributed by atoms with van der Waals surface area (Å²) < 4.78 is 11.7. The Labute approximate surface area is 241 Å². The molecule has 0 fully saturated rings. The summed E-state index contributed by atoms with van der Waals surface area (Å²) in [5, 5.41) is 3.78. The van der Waals surface area contributed by atoms with E-state index in [2.05, 4.69) is 62.6 Å². The molecular formula is C32H33CoN3O2Si. The van der Waals surface area contributed by atoms with Crippen molar-refractivity contribution in [1.82, 2.24) is 4.98 Å². The maximum absolute atomic E-state index is 5.87. The van der Waals surface area contributed by atoms with Crippen molar-refractivity contribution in [3.63, 3.8) is 0 Å². The van der Waals surface area contributed by atoms with E-state index in [1.165, 1.54) is 0 Å². The Balaban J connectivity index is 0.000000542. The van der Waals surface area contributed by atoms with Gasteiger partial charge in [-0.3, -0.25) is 0 Å². The summed E-state index contributed by atoms with van der Waals surface area (Å²) in [7, 11) is -0.861. The van der Waals surface area contributed by atoms with E-state index in [1.54, 1.807) is 0 Å². The number of hydrogen-bond donors (Lipinski definition) is 0.